The lowest BCUT2D eigenvalue weighted by Gasteiger charge is -2.14. The number of amides is 3. The number of carboxylic acid groups (broad SMARTS) is 1. The summed E-state index contributed by atoms with van der Waals surface area (Å²) in [4.78, 5) is 32.9. The summed E-state index contributed by atoms with van der Waals surface area (Å²) >= 11 is 0. The topological polar surface area (TPSA) is 108 Å². The Morgan fingerprint density at radius 1 is 1.11 bits per heavy atom. The Hall–Kier alpha value is -1.79. The Balaban J connectivity index is 3.76. The third-order valence-electron chi connectivity index (χ3n) is 2.03. The van der Waals surface area contributed by atoms with Gasteiger partial charge in [-0.2, -0.15) is 0 Å². The van der Waals surface area contributed by atoms with Crippen molar-refractivity contribution >= 4 is 17.9 Å². The van der Waals surface area contributed by atoms with Gasteiger partial charge in [0, 0.05) is 18.5 Å². The van der Waals surface area contributed by atoms with E-state index in [0.29, 0.717) is 6.42 Å². The van der Waals surface area contributed by atoms with Crippen LogP contribution in [0.15, 0.2) is 0 Å². The fourth-order valence-electron chi connectivity index (χ4n) is 1.22. The fourth-order valence-corrected chi connectivity index (χ4v) is 1.22. The van der Waals surface area contributed by atoms with Crippen molar-refractivity contribution in [3.05, 3.63) is 0 Å². The van der Waals surface area contributed by atoms with Crippen LogP contribution in [0.2, 0.25) is 0 Å². The summed E-state index contributed by atoms with van der Waals surface area (Å²) < 4.78 is 0. The first kappa shape index (κ1) is 16.2. The van der Waals surface area contributed by atoms with Crippen molar-refractivity contribution in [3.63, 3.8) is 0 Å². The van der Waals surface area contributed by atoms with Gasteiger partial charge in [-0.25, -0.2) is 4.79 Å². The maximum atomic E-state index is 11.3. The molecule has 0 aliphatic carbocycles. The summed E-state index contributed by atoms with van der Waals surface area (Å²) in [7, 11) is 0. The molecule has 18 heavy (non-hydrogen) atoms. The van der Waals surface area contributed by atoms with E-state index in [1.165, 1.54) is 0 Å². The van der Waals surface area contributed by atoms with Gasteiger partial charge < -0.3 is 21.1 Å². The second kappa shape index (κ2) is 8.32. The van der Waals surface area contributed by atoms with Crippen LogP contribution in [0, 0.1) is 0 Å². The molecule has 0 radical (unpaired) electrons. The Labute approximate surface area is 106 Å². The van der Waals surface area contributed by atoms with Gasteiger partial charge in [0.25, 0.3) is 0 Å². The molecule has 1 atom stereocenters. The maximum absolute atomic E-state index is 11.3. The van der Waals surface area contributed by atoms with Crippen LogP contribution in [-0.4, -0.2) is 41.6 Å². The van der Waals surface area contributed by atoms with Gasteiger partial charge in [-0.1, -0.05) is 0 Å². The molecule has 0 aliphatic heterocycles. The van der Waals surface area contributed by atoms with E-state index in [0.717, 1.165) is 0 Å². The molecule has 3 amide bonds. The highest BCUT2D eigenvalue weighted by Gasteiger charge is 2.10. The van der Waals surface area contributed by atoms with Crippen molar-refractivity contribution in [3.8, 4) is 0 Å². The standard InChI is InChI=1S/C11H21N3O4/c1-7(2)13-9(15)6-12-11(18)14-8(3)4-5-10(16)17/h7-8H,4-6H2,1-3H3,(H,13,15)(H,16,17)(H2,12,14,18). The molecular formula is C11H21N3O4. The van der Waals surface area contributed by atoms with Crippen LogP contribution in [0.5, 0.6) is 0 Å². The zero-order valence-corrected chi connectivity index (χ0v) is 10.9. The van der Waals surface area contributed by atoms with Gasteiger partial charge in [0.15, 0.2) is 0 Å². The van der Waals surface area contributed by atoms with Crippen molar-refractivity contribution in [1.29, 1.82) is 0 Å². The number of nitrogens with one attached hydrogen (secondary N) is 3. The summed E-state index contributed by atoms with van der Waals surface area (Å²) in [6.07, 6.45) is 0.343. The van der Waals surface area contributed by atoms with E-state index in [9.17, 15) is 14.4 Å². The first-order chi connectivity index (χ1) is 8.31. The Bertz CT molecular complexity index is 305. The summed E-state index contributed by atoms with van der Waals surface area (Å²) in [5, 5.41) is 16.1. The van der Waals surface area contributed by atoms with Crippen LogP contribution in [0.3, 0.4) is 0 Å². The molecule has 0 fully saturated rings. The van der Waals surface area contributed by atoms with Gasteiger partial charge in [0.05, 0.1) is 6.54 Å². The molecule has 7 nitrogen and oxygen atoms in total. The molecule has 7 heteroatoms. The summed E-state index contributed by atoms with van der Waals surface area (Å²) in [6, 6.07) is -0.710. The minimum atomic E-state index is -0.902. The first-order valence-electron chi connectivity index (χ1n) is 5.86. The van der Waals surface area contributed by atoms with Gasteiger partial charge in [-0.3, -0.25) is 9.59 Å². The predicted octanol–water partition coefficient (Wildman–Crippen LogP) is 0.0635. The van der Waals surface area contributed by atoms with E-state index >= 15 is 0 Å². The molecule has 0 aliphatic rings. The van der Waals surface area contributed by atoms with E-state index in [-0.39, 0.29) is 31.0 Å². The lowest BCUT2D eigenvalue weighted by molar-refractivity contribution is -0.137. The monoisotopic (exact) mass is 259 g/mol. The molecule has 0 aromatic rings. The normalized spacial score (nSPS) is 11.8. The van der Waals surface area contributed by atoms with Gasteiger partial charge in [0.2, 0.25) is 5.91 Å². The number of carboxylic acids is 1. The van der Waals surface area contributed by atoms with Crippen LogP contribution in [0.1, 0.15) is 33.6 Å². The number of hydrogen-bond acceptors (Lipinski definition) is 3. The number of aliphatic carboxylic acids is 1. The fraction of sp³-hybridized carbons (Fsp3) is 0.727. The molecule has 0 aromatic carbocycles. The van der Waals surface area contributed by atoms with E-state index in [2.05, 4.69) is 16.0 Å². The van der Waals surface area contributed by atoms with Crippen molar-refractivity contribution in [2.75, 3.05) is 6.54 Å². The predicted molar refractivity (Wildman–Crippen MR) is 66.1 cm³/mol. The molecule has 0 rings (SSSR count). The average molecular weight is 259 g/mol. The molecule has 1 unspecified atom stereocenters. The quantitative estimate of drug-likeness (QED) is 0.518. The van der Waals surface area contributed by atoms with Crippen molar-refractivity contribution < 1.29 is 19.5 Å². The Morgan fingerprint density at radius 2 is 1.72 bits per heavy atom. The highest BCUT2D eigenvalue weighted by Crippen LogP contribution is 1.95. The maximum Gasteiger partial charge on any atom is 0.315 e. The van der Waals surface area contributed by atoms with Crippen LogP contribution in [0.4, 0.5) is 4.79 Å². The largest absolute Gasteiger partial charge is 0.481 e. The molecule has 0 saturated carbocycles. The number of carbonyl (C=O) groups excluding carboxylic acids is 2. The van der Waals surface area contributed by atoms with E-state index in [1.54, 1.807) is 6.92 Å². The molecule has 0 heterocycles. The highest BCUT2D eigenvalue weighted by atomic mass is 16.4. The van der Waals surface area contributed by atoms with Gasteiger partial charge in [0.1, 0.15) is 0 Å². The van der Waals surface area contributed by atoms with Crippen molar-refractivity contribution in [2.45, 2.75) is 45.7 Å². The van der Waals surface area contributed by atoms with Crippen molar-refractivity contribution in [1.82, 2.24) is 16.0 Å². The van der Waals surface area contributed by atoms with Gasteiger partial charge >= 0.3 is 12.0 Å². The number of hydrogen-bond donors (Lipinski definition) is 4. The average Bonchev–Trinajstić information content (AvgIpc) is 2.22. The summed E-state index contributed by atoms with van der Waals surface area (Å²) in [5.74, 6) is -1.17. The second-order valence-electron chi connectivity index (χ2n) is 4.38. The molecule has 104 valence electrons. The minimum absolute atomic E-state index is 0.00468. The van der Waals surface area contributed by atoms with Crippen molar-refractivity contribution in [2.24, 2.45) is 0 Å². The molecule has 4 N–H and O–H groups in total. The highest BCUT2D eigenvalue weighted by molar-refractivity contribution is 5.84. The van der Waals surface area contributed by atoms with E-state index < -0.39 is 12.0 Å². The smallest absolute Gasteiger partial charge is 0.315 e. The number of urea groups is 1. The number of carbonyl (C=O) groups is 3. The zero-order chi connectivity index (χ0) is 14.1. The summed E-state index contributed by atoms with van der Waals surface area (Å²) in [6.45, 7) is 5.25. The third kappa shape index (κ3) is 9.44. The molecule has 0 aromatic heterocycles. The lowest BCUT2D eigenvalue weighted by Crippen LogP contribution is -2.46. The molecular weight excluding hydrogens is 238 g/mol. The van der Waals surface area contributed by atoms with Crippen LogP contribution in [0.25, 0.3) is 0 Å². The first-order valence-corrected chi connectivity index (χ1v) is 5.86. The molecule has 0 spiro atoms. The third-order valence-corrected chi connectivity index (χ3v) is 2.03. The van der Waals surface area contributed by atoms with E-state index in [1.807, 2.05) is 13.8 Å². The SMILES string of the molecule is CC(C)NC(=O)CNC(=O)NC(C)CCC(=O)O. The van der Waals surface area contributed by atoms with Crippen LogP contribution in [-0.2, 0) is 9.59 Å². The Kier molecular flexibility index (Phi) is 7.50. The van der Waals surface area contributed by atoms with E-state index in [4.69, 9.17) is 5.11 Å². The minimum Gasteiger partial charge on any atom is -0.481 e. The summed E-state index contributed by atoms with van der Waals surface area (Å²) in [5.41, 5.74) is 0. The second-order valence-corrected chi connectivity index (χ2v) is 4.38. The Morgan fingerprint density at radius 3 is 2.22 bits per heavy atom. The van der Waals surface area contributed by atoms with Crippen LogP contribution < -0.4 is 16.0 Å². The van der Waals surface area contributed by atoms with Gasteiger partial charge in [-0.15, -0.1) is 0 Å². The van der Waals surface area contributed by atoms with Gasteiger partial charge in [-0.05, 0) is 27.2 Å². The lowest BCUT2D eigenvalue weighted by atomic mass is 10.2. The molecule has 0 saturated heterocycles. The number of rotatable bonds is 7. The molecule has 0 bridgehead atoms. The zero-order valence-electron chi connectivity index (χ0n) is 10.9. The van der Waals surface area contributed by atoms with Crippen LogP contribution >= 0.6 is 0 Å².